The highest BCUT2D eigenvalue weighted by Gasteiger charge is 2.21. The highest BCUT2D eigenvalue weighted by Crippen LogP contribution is 2.36. The number of rotatable bonds is 18. The number of aryl methyl sites for hydroxylation is 2. The second-order valence-corrected chi connectivity index (χ2v) is 15.2. The molecule has 2 aliphatic rings. The maximum absolute atomic E-state index is 9.79. The van der Waals surface area contributed by atoms with E-state index in [4.69, 9.17) is 24.6 Å². The number of nitriles is 1. The Balaban J connectivity index is 0.000000202. The van der Waals surface area contributed by atoms with Crippen LogP contribution in [0.1, 0.15) is 120 Å². The zero-order valence-electron chi connectivity index (χ0n) is 35.2. The predicted molar refractivity (Wildman–Crippen MR) is 235 cm³/mol. The Labute approximate surface area is 341 Å². The quantitative estimate of drug-likeness (QED) is 0.0765. The second-order valence-electron chi connectivity index (χ2n) is 15.2. The van der Waals surface area contributed by atoms with Crippen molar-refractivity contribution in [2.75, 3.05) is 26.4 Å². The van der Waals surface area contributed by atoms with E-state index in [2.05, 4.69) is 86.4 Å². The number of benzene rings is 2. The molecule has 2 atom stereocenters. The zero-order chi connectivity index (χ0) is 41.2. The minimum atomic E-state index is 0.212. The van der Waals surface area contributed by atoms with Crippen molar-refractivity contribution in [1.82, 2.24) is 9.55 Å². The number of pyridine rings is 1. The van der Waals surface area contributed by atoms with Gasteiger partial charge >= 0.3 is 0 Å². The summed E-state index contributed by atoms with van der Waals surface area (Å²) in [6.45, 7) is 17.0. The van der Waals surface area contributed by atoms with E-state index in [0.717, 1.165) is 92.2 Å². The first-order chi connectivity index (χ1) is 27.7. The van der Waals surface area contributed by atoms with Gasteiger partial charge < -0.3 is 29.0 Å². The summed E-state index contributed by atoms with van der Waals surface area (Å²) in [5, 5.41) is 28.5. The Kier molecular flexibility index (Phi) is 18.6. The van der Waals surface area contributed by atoms with Crippen molar-refractivity contribution in [2.45, 2.75) is 111 Å². The summed E-state index contributed by atoms with van der Waals surface area (Å²) in [5.41, 5.74) is 9.13. The van der Waals surface area contributed by atoms with E-state index in [1.54, 1.807) is 6.07 Å². The molecule has 4 aromatic rings. The second kappa shape index (κ2) is 23.5. The minimum Gasteiger partial charge on any atom is -0.507 e. The molecule has 57 heavy (non-hydrogen) atoms. The Morgan fingerprint density at radius 1 is 1.04 bits per heavy atom. The standard InChI is InChI=1S/C23H24N2O.C14H30O3.C12H11NO/c1-4-7-21-19(5-2)20-12-10-16(14-22(20)25(21)3)17-11-13-23(24-15-17)26-18-8-6-9-18;1-4-13(3)12-14(5-2)17-11-7-10-16-9-6-8-15;1-8-2-5-11(10(6-8)7-13)12(14)9-3-4-9/h4-5,7,10-15,18H,2,6,8-9H2,1,3H3;13-15H,4-12H2,1-3H3;2,5-6,14H,3-4H2,1H3/b7-4-;;. The van der Waals surface area contributed by atoms with E-state index in [-0.39, 0.29) is 6.61 Å². The molecule has 0 spiro atoms. The van der Waals surface area contributed by atoms with Gasteiger partial charge in [0, 0.05) is 79.0 Å². The van der Waals surface area contributed by atoms with Crippen LogP contribution in [0.5, 0.6) is 5.88 Å². The first-order valence-electron chi connectivity index (χ1n) is 20.9. The molecule has 2 aliphatic carbocycles. The fourth-order valence-corrected chi connectivity index (χ4v) is 6.61. The highest BCUT2D eigenvalue weighted by molar-refractivity contribution is 5.96. The van der Waals surface area contributed by atoms with Gasteiger partial charge in [0.15, 0.2) is 0 Å². The van der Waals surface area contributed by atoms with Crippen LogP contribution in [0.25, 0.3) is 39.9 Å². The van der Waals surface area contributed by atoms with Gasteiger partial charge in [-0.15, -0.1) is 0 Å². The number of allylic oxidation sites excluding steroid dienone is 2. The molecular formula is C49H65N3O5. The highest BCUT2D eigenvalue weighted by atomic mass is 16.5. The van der Waals surface area contributed by atoms with Crippen molar-refractivity contribution < 1.29 is 24.4 Å². The molecule has 6 rings (SSSR count). The van der Waals surface area contributed by atoms with Crippen LogP contribution in [0.15, 0.2) is 73.0 Å². The van der Waals surface area contributed by atoms with E-state index in [9.17, 15) is 5.11 Å². The van der Waals surface area contributed by atoms with Crippen LogP contribution in [-0.4, -0.2) is 58.4 Å². The minimum absolute atomic E-state index is 0.212. The molecule has 0 radical (unpaired) electrons. The molecule has 0 bridgehead atoms. The van der Waals surface area contributed by atoms with Gasteiger partial charge in [0.2, 0.25) is 5.88 Å². The fraction of sp³-hybridized carbons (Fsp3) is 0.469. The number of aliphatic hydroxyl groups excluding tert-OH is 2. The van der Waals surface area contributed by atoms with Crippen molar-refractivity contribution in [3.05, 3.63) is 101 Å². The molecule has 0 saturated heterocycles. The van der Waals surface area contributed by atoms with Crippen LogP contribution >= 0.6 is 0 Å². The molecule has 8 heteroatoms. The molecule has 306 valence electrons. The Morgan fingerprint density at radius 2 is 1.79 bits per heavy atom. The average molecular weight is 776 g/mol. The van der Waals surface area contributed by atoms with Gasteiger partial charge in [-0.3, -0.25) is 0 Å². The molecule has 2 aromatic heterocycles. The normalized spacial score (nSPS) is 14.5. The lowest BCUT2D eigenvalue weighted by molar-refractivity contribution is 0.0180. The molecule has 8 nitrogen and oxygen atoms in total. The molecule has 2 saturated carbocycles. The lowest BCUT2D eigenvalue weighted by atomic mass is 9.96. The monoisotopic (exact) mass is 775 g/mol. The first-order valence-corrected chi connectivity index (χ1v) is 20.9. The van der Waals surface area contributed by atoms with Crippen molar-refractivity contribution >= 4 is 28.8 Å². The number of ether oxygens (including phenoxy) is 3. The SMILES string of the molecule is C=Cc1c(/C=C\C)n(C)c2cc(-c3ccc(OC4CCC4)nc3)ccc12.CCC(C)CC(CC)OCCCOCCCO.Cc1ccc(C(O)=C2CC2)c(C#N)c1. The lowest BCUT2D eigenvalue weighted by Gasteiger charge is -2.25. The van der Waals surface area contributed by atoms with Gasteiger partial charge in [0.1, 0.15) is 11.9 Å². The number of hydrogen-bond acceptors (Lipinski definition) is 7. The van der Waals surface area contributed by atoms with Crippen LogP contribution in [-0.2, 0) is 16.5 Å². The summed E-state index contributed by atoms with van der Waals surface area (Å²) in [6.07, 6.45) is 19.4. The van der Waals surface area contributed by atoms with Gasteiger partial charge in [-0.1, -0.05) is 64.1 Å². The van der Waals surface area contributed by atoms with Crippen molar-refractivity contribution in [2.24, 2.45) is 13.0 Å². The van der Waals surface area contributed by atoms with Crippen LogP contribution in [0, 0.1) is 24.2 Å². The number of aliphatic hydroxyl groups is 2. The summed E-state index contributed by atoms with van der Waals surface area (Å²) in [4.78, 5) is 4.49. The average Bonchev–Trinajstić information content (AvgIpc) is 4.04. The molecule has 2 heterocycles. The molecule has 2 fully saturated rings. The molecule has 2 unspecified atom stereocenters. The number of nitrogens with zero attached hydrogens (tertiary/aromatic N) is 3. The van der Waals surface area contributed by atoms with Crippen molar-refractivity contribution in [3.8, 4) is 23.1 Å². The van der Waals surface area contributed by atoms with Gasteiger partial charge in [-0.05, 0) is 125 Å². The Bertz CT molecular complexity index is 1960. The molecule has 0 aliphatic heterocycles. The van der Waals surface area contributed by atoms with E-state index in [0.29, 0.717) is 35.7 Å². The third kappa shape index (κ3) is 13.5. The molecule has 0 amide bonds. The third-order valence-corrected chi connectivity index (χ3v) is 10.7. The largest absolute Gasteiger partial charge is 0.507 e. The molecule has 2 N–H and O–H groups in total. The maximum atomic E-state index is 9.79. The van der Waals surface area contributed by atoms with Crippen molar-refractivity contribution in [1.29, 1.82) is 5.26 Å². The zero-order valence-corrected chi connectivity index (χ0v) is 35.2. The summed E-state index contributed by atoms with van der Waals surface area (Å²) in [5.74, 6) is 1.78. The third-order valence-electron chi connectivity index (χ3n) is 10.7. The van der Waals surface area contributed by atoms with Gasteiger partial charge in [0.25, 0.3) is 0 Å². The Morgan fingerprint density at radius 3 is 2.39 bits per heavy atom. The van der Waals surface area contributed by atoms with E-state index < -0.39 is 0 Å². The topological polar surface area (TPSA) is 110 Å². The fourth-order valence-electron chi connectivity index (χ4n) is 6.61. The van der Waals surface area contributed by atoms with Crippen LogP contribution in [0.4, 0.5) is 0 Å². The molecular weight excluding hydrogens is 711 g/mol. The number of fused-ring (bicyclic) bond motifs is 1. The number of hydrogen-bond donors (Lipinski definition) is 2. The number of aromatic nitrogens is 2. The Hall–Kier alpha value is -4.68. The smallest absolute Gasteiger partial charge is 0.213 e. The molecule has 2 aromatic carbocycles. The van der Waals surface area contributed by atoms with Crippen LogP contribution < -0.4 is 4.74 Å². The van der Waals surface area contributed by atoms with Gasteiger partial charge in [-0.25, -0.2) is 4.98 Å². The summed E-state index contributed by atoms with van der Waals surface area (Å²) in [6, 6.07) is 18.2. The van der Waals surface area contributed by atoms with Crippen LogP contribution in [0.3, 0.4) is 0 Å². The van der Waals surface area contributed by atoms with Crippen molar-refractivity contribution in [3.63, 3.8) is 0 Å². The first kappa shape index (κ1) is 45.0. The lowest BCUT2D eigenvalue weighted by Crippen LogP contribution is -2.24. The predicted octanol–water partition coefficient (Wildman–Crippen LogP) is 11.8. The van der Waals surface area contributed by atoms with E-state index >= 15 is 0 Å². The van der Waals surface area contributed by atoms with Crippen LogP contribution in [0.2, 0.25) is 0 Å². The maximum Gasteiger partial charge on any atom is 0.213 e. The summed E-state index contributed by atoms with van der Waals surface area (Å²) >= 11 is 0. The van der Waals surface area contributed by atoms with E-state index in [1.165, 1.54) is 41.4 Å². The summed E-state index contributed by atoms with van der Waals surface area (Å²) in [7, 11) is 2.10. The van der Waals surface area contributed by atoms with Gasteiger partial charge in [0.05, 0.1) is 17.7 Å². The van der Waals surface area contributed by atoms with Gasteiger partial charge in [-0.2, -0.15) is 5.26 Å². The summed E-state index contributed by atoms with van der Waals surface area (Å²) < 4.78 is 19.3. The van der Waals surface area contributed by atoms with E-state index in [1.807, 2.05) is 44.3 Å².